The van der Waals surface area contributed by atoms with E-state index in [9.17, 15) is 19.2 Å². The van der Waals surface area contributed by atoms with Crippen molar-refractivity contribution in [3.8, 4) is 0 Å². The first-order chi connectivity index (χ1) is 11.4. The number of carbonyl (C=O) groups excluding carboxylic acids is 4. The lowest BCUT2D eigenvalue weighted by atomic mass is 9.81. The molecule has 2 aliphatic rings. The molecule has 1 N–H and O–H groups in total. The molecule has 4 atom stereocenters. The van der Waals surface area contributed by atoms with E-state index in [0.29, 0.717) is 12.8 Å². The zero-order valence-electron chi connectivity index (χ0n) is 14.1. The molecule has 1 aliphatic heterocycles. The molecule has 1 saturated heterocycles. The Morgan fingerprint density at radius 3 is 2.29 bits per heavy atom. The van der Waals surface area contributed by atoms with Crippen molar-refractivity contribution in [3.05, 3.63) is 12.7 Å². The predicted molar refractivity (Wildman–Crippen MR) is 85.5 cm³/mol. The maximum absolute atomic E-state index is 12.5. The highest BCUT2D eigenvalue weighted by Crippen LogP contribution is 2.38. The number of carbonyl (C=O) groups is 4. The van der Waals surface area contributed by atoms with Gasteiger partial charge < -0.3 is 10.1 Å². The van der Waals surface area contributed by atoms with Gasteiger partial charge in [0, 0.05) is 6.54 Å². The van der Waals surface area contributed by atoms with Crippen LogP contribution in [0.5, 0.6) is 0 Å². The highest BCUT2D eigenvalue weighted by Gasteiger charge is 2.51. The van der Waals surface area contributed by atoms with Gasteiger partial charge in [-0.2, -0.15) is 0 Å². The molecular weight excluding hydrogens is 312 g/mol. The fraction of sp³-hybridized carbons (Fsp3) is 0.647. The van der Waals surface area contributed by atoms with Gasteiger partial charge in [0.1, 0.15) is 6.04 Å². The minimum Gasteiger partial charge on any atom is -0.451 e. The zero-order chi connectivity index (χ0) is 17.9. The van der Waals surface area contributed by atoms with Crippen LogP contribution >= 0.6 is 0 Å². The maximum Gasteiger partial charge on any atom is 0.329 e. The monoisotopic (exact) mass is 336 g/mol. The number of hydrogen-bond acceptors (Lipinski definition) is 5. The molecule has 7 nitrogen and oxygen atoms in total. The summed E-state index contributed by atoms with van der Waals surface area (Å²) >= 11 is 0. The van der Waals surface area contributed by atoms with Crippen molar-refractivity contribution in [2.75, 3.05) is 6.54 Å². The molecule has 1 aliphatic carbocycles. The molecule has 0 aromatic rings. The number of nitrogens with one attached hydrogen (secondary N) is 1. The fourth-order valence-corrected chi connectivity index (χ4v) is 3.32. The van der Waals surface area contributed by atoms with E-state index in [-0.39, 0.29) is 30.2 Å². The van der Waals surface area contributed by atoms with E-state index in [1.54, 1.807) is 0 Å². The number of nitrogens with zero attached hydrogens (tertiary/aromatic N) is 1. The second-order valence-corrected chi connectivity index (χ2v) is 6.33. The van der Waals surface area contributed by atoms with Crippen molar-refractivity contribution in [1.82, 2.24) is 10.2 Å². The summed E-state index contributed by atoms with van der Waals surface area (Å²) in [5.74, 6) is -2.42. The van der Waals surface area contributed by atoms with Gasteiger partial charge >= 0.3 is 5.97 Å². The molecule has 0 aromatic carbocycles. The summed E-state index contributed by atoms with van der Waals surface area (Å²) < 4.78 is 5.10. The number of imide groups is 1. The van der Waals surface area contributed by atoms with Crippen LogP contribution in [0.2, 0.25) is 0 Å². The Morgan fingerprint density at radius 1 is 1.25 bits per heavy atom. The van der Waals surface area contributed by atoms with E-state index >= 15 is 0 Å². The highest BCUT2D eigenvalue weighted by atomic mass is 16.5. The number of hydrogen-bond donors (Lipinski definition) is 1. The van der Waals surface area contributed by atoms with Gasteiger partial charge in [-0.1, -0.05) is 18.9 Å². The number of esters is 1. The number of amides is 3. The molecule has 3 amide bonds. The summed E-state index contributed by atoms with van der Waals surface area (Å²) in [5.41, 5.74) is 0. The van der Waals surface area contributed by atoms with Gasteiger partial charge in [-0.15, -0.1) is 6.58 Å². The van der Waals surface area contributed by atoms with Crippen LogP contribution < -0.4 is 5.32 Å². The van der Waals surface area contributed by atoms with Gasteiger partial charge in [0.15, 0.2) is 6.10 Å². The zero-order valence-corrected chi connectivity index (χ0v) is 14.1. The molecule has 7 heteroatoms. The third-order valence-corrected chi connectivity index (χ3v) is 4.69. The maximum atomic E-state index is 12.5. The SMILES string of the molecule is C=CCNC(=O)[C@@H](C)OC(=O)[C@H](C)N1C(=O)[C@H]2CCCC[C@H]2C1=O. The lowest BCUT2D eigenvalue weighted by Crippen LogP contribution is -2.46. The number of rotatable bonds is 6. The van der Waals surface area contributed by atoms with Gasteiger partial charge in [0.2, 0.25) is 11.8 Å². The Morgan fingerprint density at radius 2 is 1.79 bits per heavy atom. The first kappa shape index (κ1) is 18.2. The smallest absolute Gasteiger partial charge is 0.329 e. The Kier molecular flexibility index (Phi) is 5.75. The van der Waals surface area contributed by atoms with Crippen molar-refractivity contribution < 1.29 is 23.9 Å². The molecule has 0 spiro atoms. The average molecular weight is 336 g/mol. The third-order valence-electron chi connectivity index (χ3n) is 4.69. The third kappa shape index (κ3) is 3.49. The summed E-state index contributed by atoms with van der Waals surface area (Å²) in [7, 11) is 0. The Labute approximate surface area is 141 Å². The number of fused-ring (bicyclic) bond motifs is 1. The molecule has 2 rings (SSSR count). The largest absolute Gasteiger partial charge is 0.451 e. The Hall–Kier alpha value is -2.18. The first-order valence-corrected chi connectivity index (χ1v) is 8.34. The van der Waals surface area contributed by atoms with Gasteiger partial charge in [0.25, 0.3) is 5.91 Å². The normalized spacial score (nSPS) is 25.7. The van der Waals surface area contributed by atoms with Gasteiger partial charge in [-0.05, 0) is 26.7 Å². The molecular formula is C17H24N2O5. The number of ether oxygens (including phenoxy) is 1. The summed E-state index contributed by atoms with van der Waals surface area (Å²) in [4.78, 5) is 49.9. The molecule has 2 fully saturated rings. The van der Waals surface area contributed by atoms with E-state index in [1.807, 2.05) is 0 Å². The minimum atomic E-state index is -1.02. The second kappa shape index (κ2) is 7.59. The number of likely N-dealkylation sites (tertiary alicyclic amines) is 1. The Bertz CT molecular complexity index is 535. The molecule has 1 saturated carbocycles. The lowest BCUT2D eigenvalue weighted by Gasteiger charge is -2.23. The summed E-state index contributed by atoms with van der Waals surface area (Å²) in [5, 5.41) is 2.52. The molecule has 0 bridgehead atoms. The van der Waals surface area contributed by atoms with Crippen LogP contribution in [0.3, 0.4) is 0 Å². The molecule has 132 valence electrons. The standard InChI is InChI=1S/C17H24N2O5/c1-4-9-18-14(20)11(3)24-17(23)10(2)19-15(21)12-7-5-6-8-13(12)16(19)22/h4,10-13H,1,5-9H2,2-3H3,(H,18,20)/t10-,11+,12-,13+/m0/s1. The van der Waals surface area contributed by atoms with Crippen LogP contribution in [0.4, 0.5) is 0 Å². The minimum absolute atomic E-state index is 0.267. The van der Waals surface area contributed by atoms with Crippen molar-refractivity contribution in [3.63, 3.8) is 0 Å². The van der Waals surface area contributed by atoms with E-state index in [1.165, 1.54) is 19.9 Å². The highest BCUT2D eigenvalue weighted by molar-refractivity contribution is 6.07. The topological polar surface area (TPSA) is 92.8 Å². The van der Waals surface area contributed by atoms with Gasteiger partial charge in [-0.3, -0.25) is 19.3 Å². The van der Waals surface area contributed by atoms with Crippen molar-refractivity contribution >= 4 is 23.7 Å². The molecule has 24 heavy (non-hydrogen) atoms. The van der Waals surface area contributed by atoms with Crippen molar-refractivity contribution in [1.29, 1.82) is 0 Å². The molecule has 0 aromatic heterocycles. The summed E-state index contributed by atoms with van der Waals surface area (Å²) in [6.07, 6.45) is 3.73. The van der Waals surface area contributed by atoms with Crippen LogP contribution in [-0.4, -0.2) is 47.3 Å². The van der Waals surface area contributed by atoms with Gasteiger partial charge in [-0.25, -0.2) is 4.79 Å². The van der Waals surface area contributed by atoms with Crippen molar-refractivity contribution in [2.24, 2.45) is 11.8 Å². The van der Waals surface area contributed by atoms with Crippen LogP contribution in [0.1, 0.15) is 39.5 Å². The van der Waals surface area contributed by atoms with Crippen LogP contribution in [0, 0.1) is 11.8 Å². The Balaban J connectivity index is 1.99. The predicted octanol–water partition coefficient (Wildman–Crippen LogP) is 0.784. The molecule has 0 unspecified atom stereocenters. The summed E-state index contributed by atoms with van der Waals surface area (Å²) in [6, 6.07) is -1.02. The van der Waals surface area contributed by atoms with E-state index in [4.69, 9.17) is 4.74 Å². The molecule has 0 radical (unpaired) electrons. The fourth-order valence-electron chi connectivity index (χ4n) is 3.32. The van der Waals surface area contributed by atoms with Gasteiger partial charge in [0.05, 0.1) is 11.8 Å². The summed E-state index contributed by atoms with van der Waals surface area (Å²) in [6.45, 7) is 6.65. The van der Waals surface area contributed by atoms with Crippen LogP contribution in [-0.2, 0) is 23.9 Å². The quantitative estimate of drug-likeness (QED) is 0.440. The van der Waals surface area contributed by atoms with Crippen molar-refractivity contribution in [2.45, 2.75) is 51.7 Å². The van der Waals surface area contributed by atoms with Crippen LogP contribution in [0.15, 0.2) is 12.7 Å². The van der Waals surface area contributed by atoms with E-state index in [0.717, 1.165) is 17.7 Å². The first-order valence-electron chi connectivity index (χ1n) is 8.34. The second-order valence-electron chi connectivity index (χ2n) is 6.33. The lowest BCUT2D eigenvalue weighted by molar-refractivity contribution is -0.164. The average Bonchev–Trinajstić information content (AvgIpc) is 2.83. The van der Waals surface area contributed by atoms with Crippen LogP contribution in [0.25, 0.3) is 0 Å². The molecule has 1 heterocycles. The van der Waals surface area contributed by atoms with E-state index < -0.39 is 24.0 Å². The van der Waals surface area contributed by atoms with E-state index in [2.05, 4.69) is 11.9 Å².